The van der Waals surface area contributed by atoms with Crippen LogP contribution < -0.4 is 16.3 Å². The number of nitrogens with two attached hydrogens (primary N) is 2. The number of hydrogen-bond acceptors (Lipinski definition) is 4. The van der Waals surface area contributed by atoms with Gasteiger partial charge in [-0.2, -0.15) is 0 Å². The van der Waals surface area contributed by atoms with Crippen molar-refractivity contribution in [1.82, 2.24) is 0 Å². The van der Waals surface area contributed by atoms with Crippen molar-refractivity contribution < 1.29 is 9.09 Å². The molecule has 0 radical (unpaired) electrons. The van der Waals surface area contributed by atoms with Crippen LogP contribution in [0.25, 0.3) is 0 Å². The summed E-state index contributed by atoms with van der Waals surface area (Å²) in [6.45, 7) is 0. The van der Waals surface area contributed by atoms with E-state index in [4.69, 9.17) is 23.2 Å². The van der Waals surface area contributed by atoms with Gasteiger partial charge in [-0.05, 0) is 42.7 Å². The molecule has 0 aliphatic heterocycles. The molecule has 0 aromatic heterocycles. The highest BCUT2D eigenvalue weighted by molar-refractivity contribution is 7.98. The van der Waals surface area contributed by atoms with Gasteiger partial charge in [-0.25, -0.2) is 15.6 Å². The maximum Gasteiger partial charge on any atom is 0.386 e. The predicted octanol–water partition coefficient (Wildman–Crippen LogP) is 2.15. The first-order valence-electron chi connectivity index (χ1n) is 4.22. The highest BCUT2D eigenvalue weighted by Crippen LogP contribution is 2.27. The van der Waals surface area contributed by atoms with Crippen molar-refractivity contribution in [2.75, 3.05) is 11.6 Å². The molecule has 1 aromatic carbocycles. The van der Waals surface area contributed by atoms with E-state index in [0.29, 0.717) is 0 Å². The average Bonchev–Trinajstić information content (AvgIpc) is 2.16. The van der Waals surface area contributed by atoms with Crippen molar-refractivity contribution in [3.63, 3.8) is 0 Å². The maximum atomic E-state index is 10.9. The molecular formula is C8H12N3O2PS2. The van der Waals surface area contributed by atoms with Crippen molar-refractivity contribution in [3.05, 3.63) is 24.3 Å². The van der Waals surface area contributed by atoms with Crippen LogP contribution in [0.1, 0.15) is 0 Å². The minimum atomic E-state index is -3.58. The summed E-state index contributed by atoms with van der Waals surface area (Å²) in [6, 6.07) is 7.47. The van der Waals surface area contributed by atoms with Gasteiger partial charge < -0.3 is 9.84 Å². The Bertz CT molecular complexity index is 418. The summed E-state index contributed by atoms with van der Waals surface area (Å²) in [5.41, 5.74) is 10.8. The zero-order chi connectivity index (χ0) is 12.2. The molecule has 0 heterocycles. The lowest BCUT2D eigenvalue weighted by molar-refractivity contribution is 0.485. The third kappa shape index (κ3) is 4.96. The van der Waals surface area contributed by atoms with Crippen LogP contribution in [0.4, 0.5) is 5.69 Å². The quantitative estimate of drug-likeness (QED) is 0.443. The molecule has 0 bridgehead atoms. The largest absolute Gasteiger partial charge is 0.395 e. The molecule has 0 aliphatic carbocycles. The average molecular weight is 277 g/mol. The van der Waals surface area contributed by atoms with E-state index in [1.807, 2.05) is 30.5 Å². The van der Waals surface area contributed by atoms with E-state index < -0.39 is 7.67 Å². The molecular weight excluding hydrogens is 265 g/mol. The number of thioether (sulfide) groups is 1. The van der Waals surface area contributed by atoms with Crippen molar-refractivity contribution in [2.24, 2.45) is 11.0 Å². The lowest BCUT2D eigenvalue weighted by Gasteiger charge is -2.11. The molecule has 0 amide bonds. The van der Waals surface area contributed by atoms with Gasteiger partial charge in [0.15, 0.2) is 0 Å². The molecule has 5 N–H and O–H groups in total. The van der Waals surface area contributed by atoms with Crippen LogP contribution in [0, 0.1) is 0 Å². The first kappa shape index (κ1) is 13.5. The summed E-state index contributed by atoms with van der Waals surface area (Å²) in [5, 5.41) is 2.61. The molecule has 0 aliphatic rings. The van der Waals surface area contributed by atoms with Crippen molar-refractivity contribution in [3.8, 4) is 0 Å². The Balaban J connectivity index is 2.60. The second-order valence-electron chi connectivity index (χ2n) is 2.88. The third-order valence-electron chi connectivity index (χ3n) is 1.56. The fourth-order valence-corrected chi connectivity index (χ4v) is 2.13. The van der Waals surface area contributed by atoms with Crippen LogP contribution in [0.3, 0.4) is 0 Å². The first-order valence-corrected chi connectivity index (χ1v) is 7.62. The lowest BCUT2D eigenvalue weighted by atomic mass is 10.3. The zero-order valence-electron chi connectivity index (χ0n) is 8.54. The Morgan fingerprint density at radius 2 is 2.00 bits per heavy atom. The number of thiocarbonyl (C=S) groups is 1. The van der Waals surface area contributed by atoms with E-state index in [0.717, 1.165) is 10.6 Å². The smallest absolute Gasteiger partial charge is 0.386 e. The predicted molar refractivity (Wildman–Crippen MR) is 71.5 cm³/mol. The Kier molecular flexibility index (Phi) is 4.76. The third-order valence-corrected chi connectivity index (χ3v) is 3.08. The molecule has 0 fully saturated rings. The van der Waals surface area contributed by atoms with Crippen molar-refractivity contribution in [2.45, 2.75) is 4.90 Å². The number of nitrogens with one attached hydrogen (secondary N) is 1. The fraction of sp³-hybridized carbons (Fsp3) is 0.125. The van der Waals surface area contributed by atoms with Gasteiger partial charge in [-0.1, -0.05) is 0 Å². The molecule has 0 saturated heterocycles. The zero-order valence-corrected chi connectivity index (χ0v) is 11.1. The minimum absolute atomic E-state index is 0.106. The molecule has 0 unspecified atom stereocenters. The SMILES string of the molecule is CSc1ccc(NC(=S)OP(N)(N)=O)cc1. The maximum absolute atomic E-state index is 10.9. The van der Waals surface area contributed by atoms with Crippen LogP contribution in [0.15, 0.2) is 29.2 Å². The van der Waals surface area contributed by atoms with Crippen molar-refractivity contribution >= 4 is 42.5 Å². The lowest BCUT2D eigenvalue weighted by Crippen LogP contribution is -2.18. The standard InChI is InChI=1S/C8H12N3O2PS2/c1-16-7-4-2-6(3-5-7)11-8(15)13-14(9,10)12/h2-5H,1H3,(H,11,15)(H4,9,10,12). The van der Waals surface area contributed by atoms with Gasteiger partial charge >= 0.3 is 7.67 Å². The van der Waals surface area contributed by atoms with E-state index in [9.17, 15) is 4.57 Å². The van der Waals surface area contributed by atoms with E-state index >= 15 is 0 Å². The van der Waals surface area contributed by atoms with Gasteiger partial charge in [-0.3, -0.25) is 0 Å². The second-order valence-corrected chi connectivity index (χ2v) is 5.60. The summed E-state index contributed by atoms with van der Waals surface area (Å²) >= 11 is 6.40. The van der Waals surface area contributed by atoms with Crippen LogP contribution in [0.5, 0.6) is 0 Å². The van der Waals surface area contributed by atoms with E-state index in [1.165, 1.54) is 0 Å². The summed E-state index contributed by atoms with van der Waals surface area (Å²) in [4.78, 5) is 1.13. The Morgan fingerprint density at radius 3 is 2.44 bits per heavy atom. The summed E-state index contributed by atoms with van der Waals surface area (Å²) < 4.78 is 15.5. The van der Waals surface area contributed by atoms with Gasteiger partial charge in [0, 0.05) is 10.6 Å². The molecule has 1 aromatic rings. The normalized spacial score (nSPS) is 10.9. The van der Waals surface area contributed by atoms with E-state index in [-0.39, 0.29) is 5.17 Å². The minimum Gasteiger partial charge on any atom is -0.395 e. The summed E-state index contributed by atoms with van der Waals surface area (Å²) in [7, 11) is -3.58. The number of hydrogen-bond donors (Lipinski definition) is 3. The summed E-state index contributed by atoms with van der Waals surface area (Å²) in [6.07, 6.45) is 1.98. The Morgan fingerprint density at radius 1 is 1.44 bits per heavy atom. The highest BCUT2D eigenvalue weighted by Gasteiger charge is 2.12. The van der Waals surface area contributed by atoms with Crippen LogP contribution in [0.2, 0.25) is 0 Å². The van der Waals surface area contributed by atoms with Crippen LogP contribution >= 0.6 is 31.7 Å². The Labute approximate surface area is 103 Å². The van der Waals surface area contributed by atoms with Gasteiger partial charge in [-0.15, -0.1) is 11.8 Å². The molecule has 8 heteroatoms. The molecule has 0 atom stereocenters. The molecule has 16 heavy (non-hydrogen) atoms. The van der Waals surface area contributed by atoms with Gasteiger partial charge in [0.05, 0.1) is 0 Å². The monoisotopic (exact) mass is 277 g/mol. The van der Waals surface area contributed by atoms with Gasteiger partial charge in [0.25, 0.3) is 5.17 Å². The number of rotatable bonds is 3. The first-order chi connectivity index (χ1) is 7.40. The van der Waals surface area contributed by atoms with Gasteiger partial charge in [0.2, 0.25) is 0 Å². The topological polar surface area (TPSA) is 90.4 Å². The molecule has 88 valence electrons. The molecule has 5 nitrogen and oxygen atoms in total. The fourth-order valence-electron chi connectivity index (χ4n) is 0.945. The van der Waals surface area contributed by atoms with Crippen LogP contribution in [-0.4, -0.2) is 11.4 Å². The molecule has 0 spiro atoms. The second kappa shape index (κ2) is 5.65. The summed E-state index contributed by atoms with van der Waals surface area (Å²) in [5.74, 6) is 0. The van der Waals surface area contributed by atoms with Gasteiger partial charge in [0.1, 0.15) is 0 Å². The van der Waals surface area contributed by atoms with E-state index in [2.05, 4.69) is 9.84 Å². The highest BCUT2D eigenvalue weighted by atomic mass is 32.2. The number of anilines is 1. The van der Waals surface area contributed by atoms with E-state index in [1.54, 1.807) is 11.8 Å². The van der Waals surface area contributed by atoms with Crippen LogP contribution in [-0.2, 0) is 9.09 Å². The van der Waals surface area contributed by atoms with Crippen molar-refractivity contribution in [1.29, 1.82) is 0 Å². The molecule has 0 saturated carbocycles. The number of benzene rings is 1. The Hall–Kier alpha value is -0.590. The molecule has 1 rings (SSSR count).